The predicted molar refractivity (Wildman–Crippen MR) is 102 cm³/mol. The van der Waals surface area contributed by atoms with Crippen molar-refractivity contribution < 1.29 is 18.7 Å². The second kappa shape index (κ2) is 6.53. The molecular weight excluding hydrogens is 334 g/mol. The fourth-order valence-electron chi connectivity index (χ4n) is 2.99. The second-order valence-corrected chi connectivity index (χ2v) is 15.0. The van der Waals surface area contributed by atoms with Crippen LogP contribution in [0.25, 0.3) is 0 Å². The third-order valence-electron chi connectivity index (χ3n) is 5.51. The Hall–Kier alpha value is -0.593. The van der Waals surface area contributed by atoms with Gasteiger partial charge in [0.2, 0.25) is 0 Å². The Balaban J connectivity index is 2.10. The lowest BCUT2D eigenvalue weighted by Crippen LogP contribution is -2.57. The highest BCUT2D eigenvalue weighted by Gasteiger charge is 2.58. The lowest BCUT2D eigenvalue weighted by molar-refractivity contribution is -0.127. The van der Waals surface area contributed by atoms with Crippen molar-refractivity contribution in [3.63, 3.8) is 0 Å². The molecule has 0 aromatic carbocycles. The number of nitrogens with zero attached hydrogens (tertiary/aromatic N) is 1. The summed E-state index contributed by atoms with van der Waals surface area (Å²) in [6.07, 6.45) is 1.69. The van der Waals surface area contributed by atoms with Crippen LogP contribution in [0.5, 0.6) is 0 Å². The van der Waals surface area contributed by atoms with Gasteiger partial charge in [-0.15, -0.1) is 0 Å². The van der Waals surface area contributed by atoms with Crippen molar-refractivity contribution in [1.29, 1.82) is 0 Å². The maximum Gasteiger partial charge on any atom is 0.410 e. The highest BCUT2D eigenvalue weighted by atomic mass is 28.4. The summed E-state index contributed by atoms with van der Waals surface area (Å²) in [5.74, 6) is 0. The lowest BCUT2D eigenvalue weighted by Gasteiger charge is -2.45. The molecule has 1 saturated carbocycles. The van der Waals surface area contributed by atoms with Gasteiger partial charge in [0.1, 0.15) is 11.7 Å². The first-order valence-corrected chi connectivity index (χ1v) is 12.4. The first-order valence-electron chi connectivity index (χ1n) is 9.49. The van der Waals surface area contributed by atoms with Gasteiger partial charge in [-0.2, -0.15) is 0 Å². The molecule has 0 bridgehead atoms. The number of carbonyl (C=O) groups is 1. The highest BCUT2D eigenvalue weighted by Crippen LogP contribution is 2.51. The molecule has 0 N–H and O–H groups in total. The molecule has 25 heavy (non-hydrogen) atoms. The quantitative estimate of drug-likeness (QED) is 0.682. The predicted octanol–water partition coefficient (Wildman–Crippen LogP) is 4.57. The van der Waals surface area contributed by atoms with Crippen molar-refractivity contribution in [2.75, 3.05) is 13.1 Å². The topological polar surface area (TPSA) is 48.0 Å². The normalized spacial score (nSPS) is 27.2. The van der Waals surface area contributed by atoms with Crippen LogP contribution in [-0.4, -0.2) is 55.8 Å². The summed E-state index contributed by atoms with van der Waals surface area (Å²) in [6, 6.07) is 0. The third-order valence-corrected chi connectivity index (χ3v) is 10.0. The molecule has 0 aromatic heterocycles. The standard InChI is InChI=1S/C19H37NO4Si/c1-14-12-20(16(21)23-17(2,3)4)13-15(22-14)19(10-11-19)24-25(8,9)18(5,6)7/h14-15H,10-13H2,1-9H3/t14-,15-/m1/s1. The van der Waals surface area contributed by atoms with Gasteiger partial charge in [0.25, 0.3) is 0 Å². The molecule has 5 nitrogen and oxygen atoms in total. The zero-order valence-corrected chi connectivity index (χ0v) is 18.6. The van der Waals surface area contributed by atoms with Crippen LogP contribution >= 0.6 is 0 Å². The van der Waals surface area contributed by atoms with Gasteiger partial charge >= 0.3 is 6.09 Å². The van der Waals surface area contributed by atoms with Gasteiger partial charge in [-0.3, -0.25) is 0 Å². The van der Waals surface area contributed by atoms with Gasteiger partial charge in [-0.25, -0.2) is 4.79 Å². The summed E-state index contributed by atoms with van der Waals surface area (Å²) < 4.78 is 18.5. The van der Waals surface area contributed by atoms with Crippen LogP contribution in [0.1, 0.15) is 61.3 Å². The van der Waals surface area contributed by atoms with E-state index in [-0.39, 0.29) is 28.9 Å². The monoisotopic (exact) mass is 371 g/mol. The fraction of sp³-hybridized carbons (Fsp3) is 0.947. The van der Waals surface area contributed by atoms with Crippen LogP contribution in [0.3, 0.4) is 0 Å². The Labute approximate surface area is 154 Å². The molecule has 0 spiro atoms. The molecule has 146 valence electrons. The van der Waals surface area contributed by atoms with E-state index in [0.717, 1.165) is 12.8 Å². The highest BCUT2D eigenvalue weighted by molar-refractivity contribution is 6.74. The Kier molecular flexibility index (Phi) is 5.41. The molecule has 2 aliphatic rings. The maximum absolute atomic E-state index is 12.5. The van der Waals surface area contributed by atoms with Crippen molar-refractivity contribution in [2.45, 2.75) is 103 Å². The van der Waals surface area contributed by atoms with Crippen molar-refractivity contribution in [3.05, 3.63) is 0 Å². The van der Waals surface area contributed by atoms with E-state index in [0.29, 0.717) is 13.1 Å². The molecule has 6 heteroatoms. The first kappa shape index (κ1) is 20.7. The minimum atomic E-state index is -1.89. The van der Waals surface area contributed by atoms with Gasteiger partial charge in [-0.05, 0) is 58.7 Å². The maximum atomic E-state index is 12.5. The van der Waals surface area contributed by atoms with Gasteiger partial charge in [0.05, 0.1) is 24.8 Å². The van der Waals surface area contributed by atoms with E-state index in [2.05, 4.69) is 33.9 Å². The number of morpholine rings is 1. The average molecular weight is 372 g/mol. The molecular formula is C19H37NO4Si. The molecule has 0 unspecified atom stereocenters. The van der Waals surface area contributed by atoms with Crippen LogP contribution in [0.15, 0.2) is 0 Å². The molecule has 2 rings (SSSR count). The number of hydrogen-bond acceptors (Lipinski definition) is 4. The summed E-state index contributed by atoms with van der Waals surface area (Å²) in [6.45, 7) is 20.2. The Bertz CT molecular complexity index is 503. The first-order chi connectivity index (χ1) is 11.2. The van der Waals surface area contributed by atoms with Crippen LogP contribution in [0.2, 0.25) is 18.1 Å². The van der Waals surface area contributed by atoms with Crippen LogP contribution in [-0.2, 0) is 13.9 Å². The molecule has 0 aromatic rings. The second-order valence-electron chi connectivity index (χ2n) is 10.2. The van der Waals surface area contributed by atoms with Gasteiger partial charge in [-0.1, -0.05) is 20.8 Å². The molecule has 1 saturated heterocycles. The smallest absolute Gasteiger partial charge is 0.410 e. The zero-order valence-electron chi connectivity index (χ0n) is 17.6. The molecule has 1 aliphatic heterocycles. The van der Waals surface area contributed by atoms with Gasteiger partial charge in [0.15, 0.2) is 8.32 Å². The summed E-state index contributed by atoms with van der Waals surface area (Å²) in [5.41, 5.74) is -0.707. The van der Waals surface area contributed by atoms with Gasteiger partial charge in [0, 0.05) is 0 Å². The Morgan fingerprint density at radius 1 is 1.12 bits per heavy atom. The molecule has 2 fully saturated rings. The molecule has 1 heterocycles. The summed E-state index contributed by atoms with van der Waals surface area (Å²) in [5, 5.41) is 0.160. The summed E-state index contributed by atoms with van der Waals surface area (Å²) in [7, 11) is -1.89. The van der Waals surface area contributed by atoms with Crippen LogP contribution in [0.4, 0.5) is 4.79 Å². The zero-order chi connectivity index (χ0) is 19.3. The van der Waals surface area contributed by atoms with Crippen molar-refractivity contribution in [1.82, 2.24) is 4.90 Å². The molecule has 0 radical (unpaired) electrons. The van der Waals surface area contributed by atoms with E-state index in [1.165, 1.54) is 0 Å². The van der Waals surface area contributed by atoms with E-state index in [9.17, 15) is 4.79 Å². The van der Waals surface area contributed by atoms with Crippen LogP contribution in [0, 0.1) is 0 Å². The molecule has 1 aliphatic carbocycles. The largest absolute Gasteiger partial charge is 0.444 e. The minimum Gasteiger partial charge on any atom is -0.444 e. The molecule has 1 amide bonds. The summed E-state index contributed by atoms with van der Waals surface area (Å²) >= 11 is 0. The third kappa shape index (κ3) is 4.98. The fourth-order valence-corrected chi connectivity index (χ4v) is 4.65. The van der Waals surface area contributed by atoms with Crippen molar-refractivity contribution in [3.8, 4) is 0 Å². The lowest BCUT2D eigenvalue weighted by atomic mass is 10.1. The van der Waals surface area contributed by atoms with E-state index < -0.39 is 13.9 Å². The minimum absolute atomic E-state index is 0.00763. The number of ether oxygens (including phenoxy) is 2. The van der Waals surface area contributed by atoms with Crippen LogP contribution < -0.4 is 0 Å². The number of amides is 1. The van der Waals surface area contributed by atoms with E-state index in [1.54, 1.807) is 4.90 Å². The number of rotatable bonds is 3. The van der Waals surface area contributed by atoms with Crippen molar-refractivity contribution in [2.24, 2.45) is 0 Å². The van der Waals surface area contributed by atoms with E-state index >= 15 is 0 Å². The average Bonchev–Trinajstić information content (AvgIpc) is 3.15. The number of carbonyl (C=O) groups excluding carboxylic acids is 1. The van der Waals surface area contributed by atoms with Crippen molar-refractivity contribution >= 4 is 14.4 Å². The van der Waals surface area contributed by atoms with E-state index in [4.69, 9.17) is 13.9 Å². The van der Waals surface area contributed by atoms with Gasteiger partial charge < -0.3 is 18.8 Å². The summed E-state index contributed by atoms with van der Waals surface area (Å²) in [4.78, 5) is 14.3. The Morgan fingerprint density at radius 3 is 2.12 bits per heavy atom. The SMILES string of the molecule is C[C@@H]1CN(C(=O)OC(C)(C)C)C[C@H](C2(O[Si](C)(C)C(C)(C)C)CC2)O1. The Morgan fingerprint density at radius 2 is 1.68 bits per heavy atom. The molecule has 2 atom stereocenters. The number of hydrogen-bond donors (Lipinski definition) is 0. The van der Waals surface area contributed by atoms with E-state index in [1.807, 2.05) is 27.7 Å².